The van der Waals surface area contributed by atoms with Gasteiger partial charge in [-0.15, -0.1) is 11.3 Å². The molecular weight excluding hydrogens is 269 g/mol. The van der Waals surface area contributed by atoms with Crippen molar-refractivity contribution in [2.24, 2.45) is 0 Å². The van der Waals surface area contributed by atoms with Gasteiger partial charge in [-0.1, -0.05) is 0 Å². The molecule has 0 aliphatic carbocycles. The number of nitrogens with zero attached hydrogens (tertiary/aromatic N) is 2. The van der Waals surface area contributed by atoms with Crippen LogP contribution < -0.4 is 0 Å². The summed E-state index contributed by atoms with van der Waals surface area (Å²) < 4.78 is 37.0. The third-order valence-corrected chi connectivity index (χ3v) is 3.09. The number of hydrogen-bond donors (Lipinski definition) is 1. The van der Waals surface area contributed by atoms with Gasteiger partial charge in [-0.05, 0) is 13.8 Å². The molecule has 0 aliphatic rings. The molecule has 4 nitrogen and oxygen atoms in total. The van der Waals surface area contributed by atoms with Crippen LogP contribution in [-0.2, 0) is 6.54 Å². The maximum absolute atomic E-state index is 12.3. The van der Waals surface area contributed by atoms with Crippen LogP contribution in [0.4, 0.5) is 13.2 Å². The van der Waals surface area contributed by atoms with E-state index in [1.54, 1.807) is 13.8 Å². The number of carboxylic acid groups (broad SMARTS) is 1. The smallest absolute Gasteiger partial charge is 0.401 e. The first-order valence-corrected chi connectivity index (χ1v) is 6.05. The highest BCUT2D eigenvalue weighted by molar-refractivity contribution is 7.11. The van der Waals surface area contributed by atoms with Crippen molar-refractivity contribution >= 4 is 17.3 Å². The van der Waals surface area contributed by atoms with E-state index < -0.39 is 18.7 Å². The van der Waals surface area contributed by atoms with Crippen molar-refractivity contribution in [2.45, 2.75) is 32.6 Å². The van der Waals surface area contributed by atoms with Crippen molar-refractivity contribution < 1.29 is 23.1 Å². The SMILES string of the molecule is CC(C)N(Cc1csc(C(=O)O)n1)CC(F)(F)F. The number of aromatic carboxylic acids is 1. The minimum Gasteiger partial charge on any atom is -0.476 e. The molecule has 1 heterocycles. The Morgan fingerprint density at radius 2 is 2.17 bits per heavy atom. The van der Waals surface area contributed by atoms with E-state index >= 15 is 0 Å². The van der Waals surface area contributed by atoms with E-state index in [2.05, 4.69) is 4.98 Å². The summed E-state index contributed by atoms with van der Waals surface area (Å²) in [5.41, 5.74) is 0.343. The van der Waals surface area contributed by atoms with Crippen LogP contribution in [0.25, 0.3) is 0 Å². The number of rotatable bonds is 5. The van der Waals surface area contributed by atoms with Crippen LogP contribution in [0.5, 0.6) is 0 Å². The molecule has 1 N–H and O–H groups in total. The molecule has 18 heavy (non-hydrogen) atoms. The molecule has 0 spiro atoms. The summed E-state index contributed by atoms with van der Waals surface area (Å²) in [6.45, 7) is 2.25. The van der Waals surface area contributed by atoms with Crippen LogP contribution in [0.15, 0.2) is 5.38 Å². The lowest BCUT2D eigenvalue weighted by Gasteiger charge is -2.26. The first kappa shape index (κ1) is 14.9. The summed E-state index contributed by atoms with van der Waals surface area (Å²) in [7, 11) is 0. The number of carboxylic acids is 1. The Kier molecular flexibility index (Phi) is 4.69. The lowest BCUT2D eigenvalue weighted by atomic mass is 10.3. The normalized spacial score (nSPS) is 12.4. The van der Waals surface area contributed by atoms with Crippen molar-refractivity contribution in [1.29, 1.82) is 0 Å². The molecule has 1 aromatic heterocycles. The highest BCUT2D eigenvalue weighted by atomic mass is 32.1. The van der Waals surface area contributed by atoms with E-state index in [4.69, 9.17) is 5.11 Å². The van der Waals surface area contributed by atoms with E-state index in [9.17, 15) is 18.0 Å². The first-order valence-electron chi connectivity index (χ1n) is 5.17. The molecule has 0 amide bonds. The molecule has 0 radical (unpaired) electrons. The average molecular weight is 282 g/mol. The summed E-state index contributed by atoms with van der Waals surface area (Å²) in [6, 6.07) is -0.304. The molecule has 102 valence electrons. The van der Waals surface area contributed by atoms with Crippen LogP contribution in [0, 0.1) is 0 Å². The highest BCUT2D eigenvalue weighted by Gasteiger charge is 2.32. The molecule has 8 heteroatoms. The van der Waals surface area contributed by atoms with Crippen LogP contribution in [-0.4, -0.2) is 39.7 Å². The second-order valence-electron chi connectivity index (χ2n) is 4.06. The first-order chi connectivity index (χ1) is 8.19. The Morgan fingerprint density at radius 1 is 1.56 bits per heavy atom. The van der Waals surface area contributed by atoms with E-state index in [1.807, 2.05) is 0 Å². The largest absolute Gasteiger partial charge is 0.476 e. The summed E-state index contributed by atoms with van der Waals surface area (Å²) in [4.78, 5) is 15.6. The lowest BCUT2D eigenvalue weighted by Crippen LogP contribution is -2.38. The summed E-state index contributed by atoms with van der Waals surface area (Å²) >= 11 is 0.911. The van der Waals surface area contributed by atoms with Gasteiger partial charge in [-0.3, -0.25) is 4.90 Å². The maximum atomic E-state index is 12.3. The quantitative estimate of drug-likeness (QED) is 0.902. The zero-order valence-electron chi connectivity index (χ0n) is 9.86. The van der Waals surface area contributed by atoms with Crippen LogP contribution >= 0.6 is 11.3 Å². The Bertz CT molecular complexity index is 418. The second kappa shape index (κ2) is 5.66. The Morgan fingerprint density at radius 3 is 2.56 bits per heavy atom. The molecule has 0 fully saturated rings. The fraction of sp³-hybridized carbons (Fsp3) is 0.600. The van der Waals surface area contributed by atoms with E-state index in [0.717, 1.165) is 11.3 Å². The predicted octanol–water partition coefficient (Wildman–Crippen LogP) is 2.61. The van der Waals surface area contributed by atoms with E-state index in [1.165, 1.54) is 10.3 Å². The topological polar surface area (TPSA) is 53.4 Å². The summed E-state index contributed by atoms with van der Waals surface area (Å²) in [5.74, 6) is -1.17. The van der Waals surface area contributed by atoms with E-state index in [0.29, 0.717) is 5.69 Å². The molecular formula is C10H13F3N2O2S. The lowest BCUT2D eigenvalue weighted by molar-refractivity contribution is -0.151. The van der Waals surface area contributed by atoms with Crippen LogP contribution in [0.3, 0.4) is 0 Å². The third kappa shape index (κ3) is 4.61. The number of aromatic nitrogens is 1. The van der Waals surface area contributed by atoms with E-state index in [-0.39, 0.29) is 17.6 Å². The molecule has 0 saturated heterocycles. The van der Waals surface area contributed by atoms with Crippen molar-refractivity contribution in [3.8, 4) is 0 Å². The summed E-state index contributed by atoms with van der Waals surface area (Å²) in [6.07, 6.45) is -4.28. The number of alkyl halides is 3. The molecule has 0 aromatic carbocycles. The van der Waals surface area contributed by atoms with Gasteiger partial charge in [0.2, 0.25) is 5.01 Å². The molecule has 0 unspecified atom stereocenters. The predicted molar refractivity (Wildman–Crippen MR) is 60.7 cm³/mol. The highest BCUT2D eigenvalue weighted by Crippen LogP contribution is 2.20. The van der Waals surface area contributed by atoms with Gasteiger partial charge < -0.3 is 5.11 Å². The van der Waals surface area contributed by atoms with Gasteiger partial charge in [0.05, 0.1) is 12.2 Å². The second-order valence-corrected chi connectivity index (χ2v) is 4.92. The Hall–Kier alpha value is -1.15. The zero-order valence-corrected chi connectivity index (χ0v) is 10.7. The average Bonchev–Trinajstić information content (AvgIpc) is 2.63. The molecule has 0 aliphatic heterocycles. The minimum absolute atomic E-state index is 0.0129. The van der Waals surface area contributed by atoms with Crippen LogP contribution in [0.2, 0.25) is 0 Å². The minimum atomic E-state index is -4.28. The van der Waals surface area contributed by atoms with Gasteiger partial charge in [0.25, 0.3) is 0 Å². The van der Waals surface area contributed by atoms with Crippen molar-refractivity contribution in [2.75, 3.05) is 6.54 Å². The van der Waals surface area contributed by atoms with Gasteiger partial charge in [0, 0.05) is 18.0 Å². The molecule has 0 bridgehead atoms. The molecule has 1 rings (SSSR count). The van der Waals surface area contributed by atoms with Crippen molar-refractivity contribution in [3.63, 3.8) is 0 Å². The molecule has 0 atom stereocenters. The number of thiazole rings is 1. The molecule has 1 aromatic rings. The fourth-order valence-corrected chi connectivity index (χ4v) is 1.98. The maximum Gasteiger partial charge on any atom is 0.401 e. The third-order valence-electron chi connectivity index (χ3n) is 2.21. The monoisotopic (exact) mass is 282 g/mol. The van der Waals surface area contributed by atoms with Crippen molar-refractivity contribution in [1.82, 2.24) is 9.88 Å². The van der Waals surface area contributed by atoms with Crippen LogP contribution in [0.1, 0.15) is 29.3 Å². The zero-order chi connectivity index (χ0) is 13.9. The number of halogens is 3. The van der Waals surface area contributed by atoms with Crippen molar-refractivity contribution in [3.05, 3.63) is 16.1 Å². The standard InChI is InChI=1S/C10H13F3N2O2S/c1-6(2)15(5-10(11,12)13)3-7-4-18-8(14-7)9(16)17/h4,6H,3,5H2,1-2H3,(H,16,17). The Balaban J connectivity index is 2.74. The van der Waals surface area contributed by atoms with Gasteiger partial charge in [0.15, 0.2) is 0 Å². The fourth-order valence-electron chi connectivity index (χ4n) is 1.34. The number of hydrogen-bond acceptors (Lipinski definition) is 4. The van der Waals surface area contributed by atoms with Gasteiger partial charge in [-0.2, -0.15) is 13.2 Å². The van der Waals surface area contributed by atoms with Gasteiger partial charge >= 0.3 is 12.1 Å². The number of carbonyl (C=O) groups is 1. The summed E-state index contributed by atoms with van der Waals surface area (Å²) in [5, 5.41) is 10.0. The van der Waals surface area contributed by atoms with Gasteiger partial charge in [0.1, 0.15) is 0 Å². The Labute approximate surface area is 106 Å². The molecule has 0 saturated carbocycles. The van der Waals surface area contributed by atoms with Gasteiger partial charge in [-0.25, -0.2) is 9.78 Å².